The first-order valence-electron chi connectivity index (χ1n) is 24.6. The van der Waals surface area contributed by atoms with E-state index in [1.54, 1.807) is 0 Å². The van der Waals surface area contributed by atoms with Crippen molar-refractivity contribution in [2.45, 2.75) is 204 Å². The van der Waals surface area contributed by atoms with Crippen LogP contribution in [0.2, 0.25) is 0 Å². The number of hydrogen-bond donors (Lipinski definition) is 13. The van der Waals surface area contributed by atoms with Crippen LogP contribution in [0.4, 0.5) is 0 Å². The van der Waals surface area contributed by atoms with Gasteiger partial charge >= 0.3 is 5.97 Å². The van der Waals surface area contributed by atoms with E-state index in [0.29, 0.717) is 51.4 Å². The minimum atomic E-state index is -1.84. The highest BCUT2D eigenvalue weighted by Crippen LogP contribution is 2.76. The molecule has 0 aromatic carbocycles. The Morgan fingerprint density at radius 3 is 1.78 bits per heavy atom. The Bertz CT molecular complexity index is 1850. The molecule has 0 spiro atoms. The topological polar surface area (TPSA) is 335 Å². The molecule has 3 saturated heterocycles. The van der Waals surface area contributed by atoms with E-state index in [1.807, 2.05) is 6.92 Å². The predicted molar refractivity (Wildman–Crippen MR) is 233 cm³/mol. The Morgan fingerprint density at radius 1 is 0.632 bits per heavy atom. The highest BCUT2D eigenvalue weighted by molar-refractivity contribution is 5.79. The van der Waals surface area contributed by atoms with Crippen molar-refractivity contribution in [3.05, 3.63) is 11.6 Å². The van der Waals surface area contributed by atoms with Gasteiger partial charge in [0.1, 0.15) is 73.2 Å². The van der Waals surface area contributed by atoms with Crippen LogP contribution in [0.5, 0.6) is 0 Å². The molecule has 20 heteroatoms. The zero-order valence-electron chi connectivity index (χ0n) is 40.0. The average molecular weight is 975 g/mol. The molecule has 0 aromatic rings. The maximum Gasteiger partial charge on any atom is 0.315 e. The van der Waals surface area contributed by atoms with Gasteiger partial charge in [0.05, 0.1) is 44.1 Å². The molecule has 4 saturated carbocycles. The first kappa shape index (κ1) is 52.8. The standard InChI is InChI=1S/C48H78O20/c1-43(2)11-13-48(42(62)68-41-37(61)34(58)31(55)26(66-41)19-63-39-35(59)32(56)29(53)24(17-49)64-39)14-12-46(5)21(22(48)15-43)7-8-28-44(3)16-23(52)38(45(4,20-51)27(44)9-10-47(28,46)6)67-40-36(60)33(57)30(54)25(18-50)65-40/h7,22-41,49-61H,8-20H2,1-6H3/t22-,23+,24+,25+,26+,27+,28+,29+,30+,31+,32-,33-,34-,35+,36+,37+,38-,39+,40-,41-,44-,45-,46-,47+,48+/m1/s1. The van der Waals surface area contributed by atoms with Gasteiger partial charge in [-0.3, -0.25) is 4.79 Å². The summed E-state index contributed by atoms with van der Waals surface area (Å²) in [7, 11) is 0. The van der Waals surface area contributed by atoms with Gasteiger partial charge < -0.3 is 94.8 Å². The summed E-state index contributed by atoms with van der Waals surface area (Å²) in [5, 5.41) is 139. The summed E-state index contributed by atoms with van der Waals surface area (Å²) in [4.78, 5) is 15.0. The fraction of sp³-hybridized carbons (Fsp3) is 0.938. The van der Waals surface area contributed by atoms with Crippen LogP contribution < -0.4 is 0 Å². The van der Waals surface area contributed by atoms with E-state index in [-0.39, 0.29) is 35.2 Å². The van der Waals surface area contributed by atoms with Crippen molar-refractivity contribution in [3.63, 3.8) is 0 Å². The second-order valence-corrected chi connectivity index (χ2v) is 23.5. The number of allylic oxidation sites excluding steroid dienone is 2. The van der Waals surface area contributed by atoms with Crippen molar-refractivity contribution >= 4 is 5.97 Å². The third kappa shape index (κ3) is 8.16. The largest absolute Gasteiger partial charge is 0.432 e. The van der Waals surface area contributed by atoms with Crippen LogP contribution >= 0.6 is 0 Å². The number of carbonyl (C=O) groups excluding carboxylic acids is 1. The third-order valence-corrected chi connectivity index (χ3v) is 19.4. The highest BCUT2D eigenvalue weighted by Gasteiger charge is 2.71. The Morgan fingerprint density at radius 2 is 1.18 bits per heavy atom. The molecule has 7 fully saturated rings. The van der Waals surface area contributed by atoms with E-state index < -0.39 is 152 Å². The van der Waals surface area contributed by atoms with Crippen molar-refractivity contribution in [1.29, 1.82) is 0 Å². The molecular weight excluding hydrogens is 897 g/mol. The summed E-state index contributed by atoms with van der Waals surface area (Å²) in [6, 6.07) is 0. The van der Waals surface area contributed by atoms with E-state index >= 15 is 0 Å². The maximum absolute atomic E-state index is 15.0. The summed E-state index contributed by atoms with van der Waals surface area (Å²) >= 11 is 0. The second kappa shape index (κ2) is 18.8. The van der Waals surface area contributed by atoms with Gasteiger partial charge in [-0.2, -0.15) is 0 Å². The van der Waals surface area contributed by atoms with Gasteiger partial charge in [0.25, 0.3) is 0 Å². The number of ether oxygens (including phenoxy) is 6. The molecule has 3 aliphatic heterocycles. The number of esters is 1. The minimum absolute atomic E-state index is 0.00752. The lowest BCUT2D eigenvalue weighted by molar-refractivity contribution is -0.345. The number of rotatable bonds is 10. The van der Waals surface area contributed by atoms with E-state index in [9.17, 15) is 71.2 Å². The molecule has 5 aliphatic carbocycles. The highest BCUT2D eigenvalue weighted by atomic mass is 16.7. The lowest BCUT2D eigenvalue weighted by Crippen LogP contribution is -2.69. The van der Waals surface area contributed by atoms with Gasteiger partial charge in [-0.15, -0.1) is 0 Å². The zero-order valence-corrected chi connectivity index (χ0v) is 40.0. The van der Waals surface area contributed by atoms with E-state index in [1.165, 1.54) is 0 Å². The first-order chi connectivity index (χ1) is 31.8. The molecule has 390 valence electrons. The number of hydrogen-bond acceptors (Lipinski definition) is 20. The Hall–Kier alpha value is -1.51. The summed E-state index contributed by atoms with van der Waals surface area (Å²) in [6.45, 7) is 10.7. The lowest BCUT2D eigenvalue weighted by atomic mass is 9.33. The lowest BCUT2D eigenvalue weighted by Gasteiger charge is -2.72. The molecule has 0 radical (unpaired) electrons. The normalized spacial score (nSPS) is 54.6. The van der Waals surface area contributed by atoms with Gasteiger partial charge in [-0.05, 0) is 97.2 Å². The maximum atomic E-state index is 15.0. The van der Waals surface area contributed by atoms with Crippen LogP contribution in [0.25, 0.3) is 0 Å². The van der Waals surface area contributed by atoms with Crippen molar-refractivity contribution in [2.24, 2.45) is 50.2 Å². The van der Waals surface area contributed by atoms with Crippen molar-refractivity contribution in [1.82, 2.24) is 0 Å². The van der Waals surface area contributed by atoms with Crippen molar-refractivity contribution < 1.29 is 99.6 Å². The minimum Gasteiger partial charge on any atom is -0.432 e. The third-order valence-electron chi connectivity index (χ3n) is 19.4. The van der Waals surface area contributed by atoms with Crippen LogP contribution in [-0.4, -0.2) is 203 Å². The summed E-state index contributed by atoms with van der Waals surface area (Å²) < 4.78 is 35.0. The van der Waals surface area contributed by atoms with Crippen LogP contribution in [0.1, 0.15) is 99.3 Å². The molecule has 8 rings (SSSR count). The van der Waals surface area contributed by atoms with Crippen LogP contribution in [0, 0.1) is 50.2 Å². The number of aliphatic hydroxyl groups excluding tert-OH is 13. The van der Waals surface area contributed by atoms with Gasteiger partial charge in [0.2, 0.25) is 6.29 Å². The second-order valence-electron chi connectivity index (χ2n) is 23.5. The molecule has 13 N–H and O–H groups in total. The summed E-state index contributed by atoms with van der Waals surface area (Å²) in [5.74, 6) is -1.06. The quantitative estimate of drug-likeness (QED) is 0.0645. The molecule has 0 unspecified atom stereocenters. The Kier molecular flexibility index (Phi) is 14.6. The monoisotopic (exact) mass is 975 g/mol. The first-order valence-corrected chi connectivity index (χ1v) is 24.6. The molecule has 68 heavy (non-hydrogen) atoms. The van der Waals surface area contributed by atoms with E-state index in [2.05, 4.69) is 40.7 Å². The van der Waals surface area contributed by atoms with Gasteiger partial charge in [0.15, 0.2) is 12.6 Å². The van der Waals surface area contributed by atoms with Crippen molar-refractivity contribution in [2.75, 3.05) is 26.4 Å². The number of carbonyl (C=O) groups is 1. The molecule has 20 nitrogen and oxygen atoms in total. The smallest absolute Gasteiger partial charge is 0.315 e. The molecule has 0 bridgehead atoms. The number of aliphatic hydroxyl groups is 13. The Balaban J connectivity index is 1.03. The van der Waals surface area contributed by atoms with Crippen LogP contribution in [0.15, 0.2) is 11.6 Å². The van der Waals surface area contributed by atoms with Gasteiger partial charge in [0, 0.05) is 5.41 Å². The van der Waals surface area contributed by atoms with Gasteiger partial charge in [-0.1, -0.05) is 53.2 Å². The van der Waals surface area contributed by atoms with Crippen LogP contribution in [-0.2, 0) is 33.2 Å². The van der Waals surface area contributed by atoms with Crippen molar-refractivity contribution in [3.8, 4) is 0 Å². The van der Waals surface area contributed by atoms with Crippen LogP contribution in [0.3, 0.4) is 0 Å². The van der Waals surface area contributed by atoms with E-state index in [4.69, 9.17) is 28.4 Å². The summed E-state index contributed by atoms with van der Waals surface area (Å²) in [5.41, 5.74) is -2.39. The average Bonchev–Trinajstić information content (AvgIpc) is 3.29. The molecular formula is C48H78O20. The molecule has 25 atom stereocenters. The number of fused-ring (bicyclic) bond motifs is 7. The molecule has 8 aliphatic rings. The SMILES string of the molecule is CC1(C)CC[C@]2(C(=O)O[C@H]3O[C@@H](CO[C@H]4O[C@@H](CO)[C@H](O)[C@@H](O)[C@@H]4O)[C@H](O)[C@@H](O)[C@@H]3O)CC[C@]3(C)C(=CC[C@H]4[C@]5(C)C[C@H](O)[C@@H](O[C@H]6O[C@@H](CO)[C@H](O)[C@@H](O)[C@@H]6O)[C@](C)(CO)[C@H]5CC[C@@]43C)[C@H]2C1. The van der Waals surface area contributed by atoms with E-state index in [0.717, 1.165) is 12.0 Å². The molecule has 0 aromatic heterocycles. The fourth-order valence-corrected chi connectivity index (χ4v) is 15.1. The van der Waals surface area contributed by atoms with Gasteiger partial charge in [-0.25, -0.2) is 0 Å². The predicted octanol–water partition coefficient (Wildman–Crippen LogP) is -1.92. The zero-order chi connectivity index (χ0) is 49.8. The summed E-state index contributed by atoms with van der Waals surface area (Å²) in [6.07, 6.45) is -18.9. The fourth-order valence-electron chi connectivity index (χ4n) is 15.1. The molecule has 3 heterocycles. The molecule has 0 amide bonds. The Labute approximate surface area is 396 Å².